The van der Waals surface area contributed by atoms with Gasteiger partial charge in [-0.25, -0.2) is 9.97 Å². The van der Waals surface area contributed by atoms with Gasteiger partial charge >= 0.3 is 0 Å². The lowest BCUT2D eigenvalue weighted by atomic mass is 10.1. The normalized spacial score (nSPS) is 12.0. The van der Waals surface area contributed by atoms with Crippen LogP contribution in [0.3, 0.4) is 0 Å². The van der Waals surface area contributed by atoms with Crippen molar-refractivity contribution >= 4 is 17.7 Å². The van der Waals surface area contributed by atoms with Crippen molar-refractivity contribution in [3.8, 4) is 0 Å². The molecule has 0 bridgehead atoms. The van der Waals surface area contributed by atoms with Crippen LogP contribution in [0.4, 0.5) is 0 Å². The average Bonchev–Trinajstić information content (AvgIpc) is 2.51. The van der Waals surface area contributed by atoms with E-state index >= 15 is 0 Å². The number of carbonyl (C=O) groups excluding carboxylic acids is 1. The fraction of sp³-hybridized carbons (Fsp3) is 0.389. The number of rotatable bonds is 5. The zero-order valence-corrected chi connectivity index (χ0v) is 15.1. The first-order valence-electron chi connectivity index (χ1n) is 7.68. The molecule has 23 heavy (non-hydrogen) atoms. The van der Waals surface area contributed by atoms with Gasteiger partial charge in [-0.15, -0.1) is 0 Å². The Balaban J connectivity index is 1.93. The molecule has 4 nitrogen and oxygen atoms in total. The first-order valence-corrected chi connectivity index (χ1v) is 8.56. The van der Waals surface area contributed by atoms with Crippen molar-refractivity contribution in [3.05, 3.63) is 52.3 Å². The van der Waals surface area contributed by atoms with Crippen LogP contribution in [0.5, 0.6) is 0 Å². The Morgan fingerprint density at radius 2 is 1.65 bits per heavy atom. The van der Waals surface area contributed by atoms with Gasteiger partial charge in [-0.2, -0.15) is 0 Å². The Morgan fingerprint density at radius 3 is 2.22 bits per heavy atom. The van der Waals surface area contributed by atoms with Crippen LogP contribution < -0.4 is 5.32 Å². The predicted octanol–water partition coefficient (Wildman–Crippen LogP) is 3.51. The van der Waals surface area contributed by atoms with Crippen molar-refractivity contribution in [1.29, 1.82) is 0 Å². The first kappa shape index (κ1) is 17.5. The van der Waals surface area contributed by atoms with Gasteiger partial charge in [0.05, 0.1) is 5.25 Å². The number of nitrogens with one attached hydrogen (secondary N) is 1. The number of hydrogen-bond donors (Lipinski definition) is 1. The maximum atomic E-state index is 12.2. The lowest BCUT2D eigenvalue weighted by molar-refractivity contribution is -0.120. The highest BCUT2D eigenvalue weighted by Gasteiger charge is 2.16. The highest BCUT2D eigenvalue weighted by molar-refractivity contribution is 8.00. The molecule has 1 aromatic carbocycles. The van der Waals surface area contributed by atoms with E-state index in [2.05, 4.69) is 15.3 Å². The Labute approximate surface area is 142 Å². The minimum atomic E-state index is -0.234. The molecule has 0 aliphatic carbocycles. The molecule has 2 rings (SSSR count). The lowest BCUT2D eigenvalue weighted by Gasteiger charge is -2.13. The van der Waals surface area contributed by atoms with Crippen LogP contribution in [0.2, 0.25) is 0 Å². The van der Waals surface area contributed by atoms with Crippen molar-refractivity contribution in [1.82, 2.24) is 15.3 Å². The molecular formula is C18H23N3OS. The van der Waals surface area contributed by atoms with Gasteiger partial charge in [0, 0.05) is 17.9 Å². The summed E-state index contributed by atoms with van der Waals surface area (Å²) >= 11 is 1.39. The van der Waals surface area contributed by atoms with Gasteiger partial charge in [-0.1, -0.05) is 41.6 Å². The third-order valence-electron chi connectivity index (χ3n) is 3.85. The Bertz CT molecular complexity index is 675. The number of aryl methyl sites for hydroxylation is 3. The van der Waals surface area contributed by atoms with E-state index in [1.807, 2.05) is 58.9 Å². The molecule has 1 heterocycles. The van der Waals surface area contributed by atoms with Gasteiger partial charge < -0.3 is 5.32 Å². The van der Waals surface area contributed by atoms with Gasteiger partial charge in [-0.05, 0) is 45.7 Å². The molecule has 0 unspecified atom stereocenters. The fourth-order valence-corrected chi connectivity index (χ4v) is 2.93. The second kappa shape index (κ2) is 7.59. The smallest absolute Gasteiger partial charge is 0.233 e. The van der Waals surface area contributed by atoms with E-state index in [4.69, 9.17) is 0 Å². The number of nitrogens with zero attached hydrogens (tertiary/aromatic N) is 2. The first-order chi connectivity index (χ1) is 10.9. The minimum Gasteiger partial charge on any atom is -0.351 e. The van der Waals surface area contributed by atoms with E-state index in [0.29, 0.717) is 11.7 Å². The van der Waals surface area contributed by atoms with Gasteiger partial charge in [-0.3, -0.25) is 4.79 Å². The van der Waals surface area contributed by atoms with Crippen LogP contribution in [0.15, 0.2) is 29.4 Å². The monoisotopic (exact) mass is 329 g/mol. The molecule has 0 aliphatic heterocycles. The van der Waals surface area contributed by atoms with Crippen molar-refractivity contribution < 1.29 is 4.79 Å². The molecule has 0 fully saturated rings. The number of hydrogen-bond acceptors (Lipinski definition) is 4. The summed E-state index contributed by atoms with van der Waals surface area (Å²) in [7, 11) is 0. The second-order valence-electron chi connectivity index (χ2n) is 5.77. The molecule has 0 radical (unpaired) electrons. The maximum absolute atomic E-state index is 12.2. The molecule has 5 heteroatoms. The number of amides is 1. The van der Waals surface area contributed by atoms with Gasteiger partial charge in [0.1, 0.15) is 0 Å². The Morgan fingerprint density at radius 1 is 1.09 bits per heavy atom. The molecule has 122 valence electrons. The van der Waals surface area contributed by atoms with Crippen LogP contribution in [0.1, 0.15) is 35.0 Å². The zero-order chi connectivity index (χ0) is 17.0. The quantitative estimate of drug-likeness (QED) is 0.674. The number of benzene rings is 1. The molecule has 0 aliphatic rings. The second-order valence-corrected chi connectivity index (χ2v) is 7.07. The van der Waals surface area contributed by atoms with E-state index in [1.54, 1.807) is 0 Å². The third kappa shape index (κ3) is 4.79. The number of carbonyl (C=O) groups is 1. The molecular weight excluding hydrogens is 306 g/mol. The van der Waals surface area contributed by atoms with Crippen LogP contribution in [-0.4, -0.2) is 21.1 Å². The minimum absolute atomic E-state index is 0.00458. The molecule has 1 atom stereocenters. The zero-order valence-electron chi connectivity index (χ0n) is 14.3. The van der Waals surface area contributed by atoms with Crippen LogP contribution in [-0.2, 0) is 11.3 Å². The molecule has 2 aromatic rings. The molecule has 0 saturated heterocycles. The largest absolute Gasteiger partial charge is 0.351 e. The summed E-state index contributed by atoms with van der Waals surface area (Å²) in [5, 5.41) is 3.39. The van der Waals surface area contributed by atoms with Crippen molar-refractivity contribution in [2.45, 2.75) is 51.6 Å². The van der Waals surface area contributed by atoms with Gasteiger partial charge in [0.2, 0.25) is 5.91 Å². The van der Waals surface area contributed by atoms with Crippen LogP contribution in [0.25, 0.3) is 0 Å². The van der Waals surface area contributed by atoms with Crippen molar-refractivity contribution in [3.63, 3.8) is 0 Å². The SMILES string of the molecule is Cc1ccc(CNC(=O)[C@H](C)Sc2nc(C)c(C)c(C)n2)cc1. The molecule has 1 amide bonds. The summed E-state index contributed by atoms with van der Waals surface area (Å²) in [6, 6.07) is 8.16. The average molecular weight is 329 g/mol. The summed E-state index contributed by atoms with van der Waals surface area (Å²) in [6.07, 6.45) is 0. The van der Waals surface area contributed by atoms with E-state index < -0.39 is 0 Å². The lowest BCUT2D eigenvalue weighted by Crippen LogP contribution is -2.30. The number of aromatic nitrogens is 2. The summed E-state index contributed by atoms with van der Waals surface area (Å²) < 4.78 is 0. The van der Waals surface area contributed by atoms with E-state index in [1.165, 1.54) is 17.3 Å². The summed E-state index contributed by atoms with van der Waals surface area (Å²) in [4.78, 5) is 21.1. The van der Waals surface area contributed by atoms with Gasteiger partial charge in [0.25, 0.3) is 0 Å². The topological polar surface area (TPSA) is 54.9 Å². The van der Waals surface area contributed by atoms with E-state index in [-0.39, 0.29) is 11.2 Å². The summed E-state index contributed by atoms with van der Waals surface area (Å²) in [5.74, 6) is -0.00458. The third-order valence-corrected chi connectivity index (χ3v) is 4.81. The highest BCUT2D eigenvalue weighted by atomic mass is 32.2. The van der Waals surface area contributed by atoms with E-state index in [9.17, 15) is 4.79 Å². The van der Waals surface area contributed by atoms with Crippen LogP contribution >= 0.6 is 11.8 Å². The summed E-state index contributed by atoms with van der Waals surface area (Å²) in [6.45, 7) is 10.4. The number of thioether (sulfide) groups is 1. The fourth-order valence-electron chi connectivity index (χ4n) is 2.04. The summed E-state index contributed by atoms with van der Waals surface area (Å²) in [5.41, 5.74) is 5.34. The van der Waals surface area contributed by atoms with Gasteiger partial charge in [0.15, 0.2) is 5.16 Å². The highest BCUT2D eigenvalue weighted by Crippen LogP contribution is 2.21. The molecule has 0 spiro atoms. The van der Waals surface area contributed by atoms with E-state index in [0.717, 1.165) is 22.5 Å². The molecule has 0 saturated carbocycles. The van der Waals surface area contributed by atoms with Crippen molar-refractivity contribution in [2.75, 3.05) is 0 Å². The van der Waals surface area contributed by atoms with Crippen molar-refractivity contribution in [2.24, 2.45) is 0 Å². The van der Waals surface area contributed by atoms with Crippen LogP contribution in [0, 0.1) is 27.7 Å². The molecule has 1 aromatic heterocycles. The maximum Gasteiger partial charge on any atom is 0.233 e. The Hall–Kier alpha value is -1.88. The predicted molar refractivity (Wildman–Crippen MR) is 94.6 cm³/mol. The Kier molecular flexibility index (Phi) is 5.77. The standard InChI is InChI=1S/C18H23N3OS/c1-11-6-8-16(9-7-11)10-19-17(22)15(5)23-18-20-13(3)12(2)14(4)21-18/h6-9,15H,10H2,1-5H3,(H,19,22)/t15-/m0/s1. The molecule has 1 N–H and O–H groups in total.